The number of thioether (sulfide) groups is 2. The molecular weight excluding hydrogens is 254 g/mol. The molecule has 0 radical (unpaired) electrons. The molecule has 0 bridgehead atoms. The maximum Gasteiger partial charge on any atom is 0.346 e. The SMILES string of the molecule is CSc1ccc(/C=C(\C#N)C(=O)O)c(SC)c1. The van der Waals surface area contributed by atoms with Crippen LogP contribution in [0.25, 0.3) is 6.08 Å². The van der Waals surface area contributed by atoms with Crippen LogP contribution in [-0.4, -0.2) is 23.6 Å². The first kappa shape index (κ1) is 13.7. The smallest absolute Gasteiger partial charge is 0.346 e. The van der Waals surface area contributed by atoms with E-state index in [4.69, 9.17) is 10.4 Å². The lowest BCUT2D eigenvalue weighted by Crippen LogP contribution is -1.97. The van der Waals surface area contributed by atoms with E-state index in [0.717, 1.165) is 15.4 Å². The van der Waals surface area contributed by atoms with Gasteiger partial charge in [0.1, 0.15) is 11.6 Å². The zero-order valence-electron chi connectivity index (χ0n) is 9.43. The highest BCUT2D eigenvalue weighted by molar-refractivity contribution is 7.99. The third-order valence-electron chi connectivity index (χ3n) is 2.09. The van der Waals surface area contributed by atoms with E-state index in [9.17, 15) is 4.79 Å². The highest BCUT2D eigenvalue weighted by atomic mass is 32.2. The lowest BCUT2D eigenvalue weighted by atomic mass is 10.1. The second-order valence-electron chi connectivity index (χ2n) is 3.08. The van der Waals surface area contributed by atoms with Crippen molar-refractivity contribution < 1.29 is 9.90 Å². The van der Waals surface area contributed by atoms with Gasteiger partial charge in [-0.15, -0.1) is 23.5 Å². The van der Waals surface area contributed by atoms with E-state index in [1.165, 1.54) is 17.8 Å². The summed E-state index contributed by atoms with van der Waals surface area (Å²) < 4.78 is 0. The number of carboxylic acid groups (broad SMARTS) is 1. The first-order chi connectivity index (χ1) is 8.12. The van der Waals surface area contributed by atoms with Crippen molar-refractivity contribution in [2.24, 2.45) is 0 Å². The van der Waals surface area contributed by atoms with Crippen LogP contribution in [0.4, 0.5) is 0 Å². The van der Waals surface area contributed by atoms with E-state index in [0.29, 0.717) is 0 Å². The number of nitriles is 1. The van der Waals surface area contributed by atoms with Crippen LogP contribution in [0.5, 0.6) is 0 Å². The van der Waals surface area contributed by atoms with Gasteiger partial charge < -0.3 is 5.11 Å². The lowest BCUT2D eigenvalue weighted by molar-refractivity contribution is -0.132. The third-order valence-corrected chi connectivity index (χ3v) is 3.61. The number of hydrogen-bond donors (Lipinski definition) is 1. The molecule has 0 saturated carbocycles. The van der Waals surface area contributed by atoms with Gasteiger partial charge in [-0.3, -0.25) is 0 Å². The maximum atomic E-state index is 10.8. The largest absolute Gasteiger partial charge is 0.477 e. The Hall–Kier alpha value is -1.38. The van der Waals surface area contributed by atoms with Gasteiger partial charge in [0.2, 0.25) is 0 Å². The van der Waals surface area contributed by atoms with Crippen LogP contribution in [0, 0.1) is 11.3 Å². The monoisotopic (exact) mass is 265 g/mol. The van der Waals surface area contributed by atoms with E-state index < -0.39 is 5.97 Å². The molecular formula is C12H11NO2S2. The van der Waals surface area contributed by atoms with Crippen molar-refractivity contribution in [1.82, 2.24) is 0 Å². The Morgan fingerprint density at radius 2 is 2.12 bits per heavy atom. The molecule has 0 saturated heterocycles. The van der Waals surface area contributed by atoms with Gasteiger partial charge in [-0.1, -0.05) is 6.07 Å². The van der Waals surface area contributed by atoms with Crippen LogP contribution in [0.3, 0.4) is 0 Å². The predicted octanol–water partition coefficient (Wildman–Crippen LogP) is 3.12. The van der Waals surface area contributed by atoms with Crippen LogP contribution in [0.2, 0.25) is 0 Å². The Morgan fingerprint density at radius 3 is 2.59 bits per heavy atom. The molecule has 0 aliphatic rings. The van der Waals surface area contributed by atoms with Crippen LogP contribution < -0.4 is 0 Å². The predicted molar refractivity (Wildman–Crippen MR) is 71.2 cm³/mol. The van der Waals surface area contributed by atoms with Gasteiger partial charge in [0, 0.05) is 9.79 Å². The Morgan fingerprint density at radius 1 is 1.41 bits per heavy atom. The molecule has 88 valence electrons. The van der Waals surface area contributed by atoms with Crippen molar-refractivity contribution in [3.63, 3.8) is 0 Å². The van der Waals surface area contributed by atoms with Gasteiger partial charge in [-0.25, -0.2) is 4.79 Å². The van der Waals surface area contributed by atoms with Gasteiger partial charge in [-0.05, 0) is 36.3 Å². The fraction of sp³-hybridized carbons (Fsp3) is 0.167. The fourth-order valence-corrected chi connectivity index (χ4v) is 2.36. The Kier molecular flexibility index (Phi) is 5.13. The number of carbonyl (C=O) groups is 1. The highest BCUT2D eigenvalue weighted by Crippen LogP contribution is 2.27. The number of carboxylic acids is 1. The molecule has 1 aromatic carbocycles. The van der Waals surface area contributed by atoms with Crippen molar-refractivity contribution in [3.8, 4) is 6.07 Å². The van der Waals surface area contributed by atoms with Crippen LogP contribution in [0.15, 0.2) is 33.6 Å². The quantitative estimate of drug-likeness (QED) is 0.515. The van der Waals surface area contributed by atoms with Crippen molar-refractivity contribution in [3.05, 3.63) is 29.3 Å². The average Bonchev–Trinajstić information content (AvgIpc) is 2.35. The molecule has 0 aliphatic heterocycles. The molecule has 0 atom stereocenters. The summed E-state index contributed by atoms with van der Waals surface area (Å²) in [5.74, 6) is -1.20. The molecule has 0 spiro atoms. The summed E-state index contributed by atoms with van der Waals surface area (Å²) >= 11 is 3.15. The molecule has 3 nitrogen and oxygen atoms in total. The van der Waals surface area contributed by atoms with E-state index in [1.54, 1.807) is 17.8 Å². The summed E-state index contributed by atoms with van der Waals surface area (Å²) in [6, 6.07) is 7.40. The van der Waals surface area contributed by atoms with Crippen molar-refractivity contribution >= 4 is 35.6 Å². The second-order valence-corrected chi connectivity index (χ2v) is 4.81. The van der Waals surface area contributed by atoms with E-state index in [-0.39, 0.29) is 5.57 Å². The molecule has 1 rings (SSSR count). The molecule has 1 aromatic rings. The Bertz CT molecular complexity index is 504. The molecule has 0 unspecified atom stereocenters. The van der Waals surface area contributed by atoms with Crippen molar-refractivity contribution in [2.45, 2.75) is 9.79 Å². The molecule has 5 heteroatoms. The normalized spacial score (nSPS) is 11.0. The summed E-state index contributed by atoms with van der Waals surface area (Å²) in [4.78, 5) is 12.8. The summed E-state index contributed by atoms with van der Waals surface area (Å²) in [6.45, 7) is 0. The zero-order chi connectivity index (χ0) is 12.8. The van der Waals surface area contributed by atoms with Gasteiger partial charge in [-0.2, -0.15) is 5.26 Å². The van der Waals surface area contributed by atoms with Crippen molar-refractivity contribution in [2.75, 3.05) is 12.5 Å². The number of aliphatic carboxylic acids is 1. The van der Waals surface area contributed by atoms with E-state index in [1.807, 2.05) is 30.7 Å². The van der Waals surface area contributed by atoms with Gasteiger partial charge in [0.25, 0.3) is 0 Å². The molecule has 0 aromatic heterocycles. The molecule has 0 heterocycles. The lowest BCUT2D eigenvalue weighted by Gasteiger charge is -2.05. The summed E-state index contributed by atoms with van der Waals surface area (Å²) in [6.07, 6.45) is 5.30. The molecule has 0 aliphatic carbocycles. The van der Waals surface area contributed by atoms with E-state index in [2.05, 4.69) is 0 Å². The topological polar surface area (TPSA) is 61.1 Å². The molecule has 17 heavy (non-hydrogen) atoms. The van der Waals surface area contributed by atoms with Crippen LogP contribution in [0.1, 0.15) is 5.56 Å². The summed E-state index contributed by atoms with van der Waals surface area (Å²) in [5, 5.41) is 17.5. The summed E-state index contributed by atoms with van der Waals surface area (Å²) in [5.41, 5.74) is 0.506. The van der Waals surface area contributed by atoms with Crippen molar-refractivity contribution in [1.29, 1.82) is 5.26 Å². The van der Waals surface area contributed by atoms with Gasteiger partial charge in [0.05, 0.1) is 0 Å². The van der Waals surface area contributed by atoms with Crippen LogP contribution >= 0.6 is 23.5 Å². The second kappa shape index (κ2) is 6.38. The first-order valence-corrected chi connectivity index (χ1v) is 7.14. The standard InChI is InChI=1S/C12H11NO2S2/c1-16-10-4-3-8(11(6-10)17-2)5-9(7-13)12(14)15/h3-6H,1-2H3,(H,14,15)/b9-5+. The minimum absolute atomic E-state index is 0.253. The summed E-state index contributed by atoms with van der Waals surface area (Å²) in [7, 11) is 0. The third kappa shape index (κ3) is 3.55. The highest BCUT2D eigenvalue weighted by Gasteiger charge is 2.08. The Labute approximate surface area is 109 Å². The van der Waals surface area contributed by atoms with Crippen LogP contribution in [-0.2, 0) is 4.79 Å². The molecule has 0 amide bonds. The van der Waals surface area contributed by atoms with E-state index >= 15 is 0 Å². The number of hydrogen-bond acceptors (Lipinski definition) is 4. The fourth-order valence-electron chi connectivity index (χ4n) is 1.24. The first-order valence-electron chi connectivity index (χ1n) is 4.69. The number of benzene rings is 1. The Balaban J connectivity index is 3.23. The number of nitrogens with zero attached hydrogens (tertiary/aromatic N) is 1. The van der Waals surface area contributed by atoms with Gasteiger partial charge in [0.15, 0.2) is 0 Å². The molecule has 1 N–H and O–H groups in total. The minimum Gasteiger partial charge on any atom is -0.477 e. The average molecular weight is 265 g/mol. The minimum atomic E-state index is -1.20. The molecule has 0 fully saturated rings. The number of rotatable bonds is 4. The van der Waals surface area contributed by atoms with Gasteiger partial charge >= 0.3 is 5.97 Å². The maximum absolute atomic E-state index is 10.8. The zero-order valence-corrected chi connectivity index (χ0v) is 11.1.